The number of methoxy groups -OCH3 is 1. The molecule has 1 aromatic carbocycles. The average Bonchev–Trinajstić information content (AvgIpc) is 2.27. The van der Waals surface area contributed by atoms with Crippen LogP contribution in [0.25, 0.3) is 0 Å². The van der Waals surface area contributed by atoms with Crippen LogP contribution in [0, 0.1) is 17.1 Å². The van der Waals surface area contributed by atoms with E-state index in [9.17, 15) is 9.18 Å². The van der Waals surface area contributed by atoms with E-state index in [1.165, 1.54) is 19.2 Å². The van der Waals surface area contributed by atoms with Gasteiger partial charge < -0.3 is 4.74 Å². The number of hydrogen-bond donors (Lipinski definition) is 0. The molecule has 1 rings (SSSR count). The zero-order valence-electron chi connectivity index (χ0n) is 7.88. The number of rotatable bonds is 3. The van der Waals surface area contributed by atoms with Crippen molar-refractivity contribution >= 4 is 21.7 Å². The maximum absolute atomic E-state index is 13.6. The number of Topliss-reactive ketones (excluding diaryl/α,β-unsaturated/α-hetero) is 1. The van der Waals surface area contributed by atoms with Gasteiger partial charge in [-0.1, -0.05) is 15.9 Å². The van der Waals surface area contributed by atoms with Crippen molar-refractivity contribution < 1.29 is 13.9 Å². The molecule has 0 saturated heterocycles. The van der Waals surface area contributed by atoms with Gasteiger partial charge in [0, 0.05) is 0 Å². The van der Waals surface area contributed by atoms with Crippen LogP contribution in [0.2, 0.25) is 0 Å². The van der Waals surface area contributed by atoms with Gasteiger partial charge in [0.05, 0.1) is 23.6 Å². The molecule has 78 valence electrons. The number of carbonyl (C=O) groups is 1. The Hall–Kier alpha value is -1.41. The molecule has 0 aromatic heterocycles. The Kier molecular flexibility index (Phi) is 3.81. The van der Waals surface area contributed by atoms with Crippen molar-refractivity contribution in [2.75, 3.05) is 12.4 Å². The topological polar surface area (TPSA) is 50.1 Å². The summed E-state index contributed by atoms with van der Waals surface area (Å²) < 4.78 is 18.5. The number of ether oxygens (including phenoxy) is 1. The lowest BCUT2D eigenvalue weighted by atomic mass is 10.1. The third-order valence-corrected chi connectivity index (χ3v) is 2.35. The van der Waals surface area contributed by atoms with E-state index < -0.39 is 11.6 Å². The summed E-state index contributed by atoms with van der Waals surface area (Å²) in [6.45, 7) is 0. The maximum Gasteiger partial charge on any atom is 0.180 e. The number of halogens is 2. The highest BCUT2D eigenvalue weighted by atomic mass is 79.9. The van der Waals surface area contributed by atoms with Crippen LogP contribution in [-0.4, -0.2) is 18.2 Å². The van der Waals surface area contributed by atoms with Crippen molar-refractivity contribution in [3.63, 3.8) is 0 Å². The molecule has 0 radical (unpaired) electrons. The first-order valence-electron chi connectivity index (χ1n) is 4.01. The van der Waals surface area contributed by atoms with Gasteiger partial charge in [0.15, 0.2) is 11.6 Å². The van der Waals surface area contributed by atoms with Gasteiger partial charge in [-0.2, -0.15) is 5.26 Å². The highest BCUT2D eigenvalue weighted by Crippen LogP contribution is 2.24. The Bertz CT molecular complexity index is 440. The third kappa shape index (κ3) is 2.16. The summed E-state index contributed by atoms with van der Waals surface area (Å²) in [5.74, 6) is -1.15. The SMILES string of the molecule is COc1ccc(C#N)c(F)c1C(=O)CBr. The molecule has 0 aliphatic carbocycles. The molecule has 0 heterocycles. The summed E-state index contributed by atoms with van der Waals surface area (Å²) in [5, 5.41) is 8.59. The normalized spacial score (nSPS) is 9.47. The number of nitrogens with zero attached hydrogens (tertiary/aromatic N) is 1. The second-order valence-electron chi connectivity index (χ2n) is 2.67. The van der Waals surface area contributed by atoms with Crippen LogP contribution >= 0.6 is 15.9 Å². The molecule has 15 heavy (non-hydrogen) atoms. The summed E-state index contributed by atoms with van der Waals surface area (Å²) in [5.41, 5.74) is -0.353. The molecule has 5 heteroatoms. The van der Waals surface area contributed by atoms with Gasteiger partial charge in [-0.15, -0.1) is 0 Å². The Morgan fingerprint density at radius 2 is 2.33 bits per heavy atom. The number of hydrogen-bond acceptors (Lipinski definition) is 3. The van der Waals surface area contributed by atoms with E-state index in [4.69, 9.17) is 10.00 Å². The first kappa shape index (κ1) is 11.7. The first-order valence-corrected chi connectivity index (χ1v) is 5.13. The number of ketones is 1. The Morgan fingerprint density at radius 1 is 1.67 bits per heavy atom. The molecule has 0 spiro atoms. The van der Waals surface area contributed by atoms with Crippen molar-refractivity contribution in [3.05, 3.63) is 29.1 Å². The standard InChI is InChI=1S/C10H7BrFNO2/c1-15-8-3-2-6(5-13)10(12)9(8)7(14)4-11/h2-3H,4H2,1H3. The fourth-order valence-corrected chi connectivity index (χ4v) is 1.42. The van der Waals surface area contributed by atoms with Gasteiger partial charge in [-0.25, -0.2) is 4.39 Å². The second kappa shape index (κ2) is 4.89. The molecule has 0 bridgehead atoms. The molecule has 0 atom stereocenters. The summed E-state index contributed by atoms with van der Waals surface area (Å²) in [6.07, 6.45) is 0. The van der Waals surface area contributed by atoms with E-state index in [-0.39, 0.29) is 22.2 Å². The van der Waals surface area contributed by atoms with Crippen LogP contribution in [0.5, 0.6) is 5.75 Å². The lowest BCUT2D eigenvalue weighted by molar-refractivity contribution is 0.101. The molecule has 0 unspecified atom stereocenters. The summed E-state index contributed by atoms with van der Waals surface area (Å²) in [4.78, 5) is 11.4. The van der Waals surface area contributed by atoms with Crippen molar-refractivity contribution in [1.29, 1.82) is 5.26 Å². The number of benzene rings is 1. The molecule has 1 aromatic rings. The number of carbonyl (C=O) groups excluding carboxylic acids is 1. The van der Waals surface area contributed by atoms with E-state index in [0.29, 0.717) is 0 Å². The largest absolute Gasteiger partial charge is 0.496 e. The Balaban J connectivity index is 3.44. The van der Waals surface area contributed by atoms with Gasteiger partial charge in [-0.3, -0.25) is 4.79 Å². The van der Waals surface area contributed by atoms with Crippen molar-refractivity contribution in [2.24, 2.45) is 0 Å². The molecule has 0 saturated carbocycles. The van der Waals surface area contributed by atoms with Crippen LogP contribution in [-0.2, 0) is 0 Å². The van der Waals surface area contributed by atoms with E-state index in [1.807, 2.05) is 0 Å². The van der Waals surface area contributed by atoms with Crippen LogP contribution in [0.4, 0.5) is 4.39 Å². The highest BCUT2D eigenvalue weighted by molar-refractivity contribution is 9.09. The predicted molar refractivity (Wildman–Crippen MR) is 55.8 cm³/mol. The van der Waals surface area contributed by atoms with Crippen molar-refractivity contribution in [2.45, 2.75) is 0 Å². The molecule has 0 aliphatic heterocycles. The quantitative estimate of drug-likeness (QED) is 0.626. The average molecular weight is 272 g/mol. The highest BCUT2D eigenvalue weighted by Gasteiger charge is 2.19. The minimum absolute atomic E-state index is 0.0187. The minimum atomic E-state index is -0.832. The van der Waals surface area contributed by atoms with E-state index in [0.717, 1.165) is 0 Å². The zero-order valence-corrected chi connectivity index (χ0v) is 9.47. The van der Waals surface area contributed by atoms with E-state index in [1.54, 1.807) is 6.07 Å². The van der Waals surface area contributed by atoms with E-state index >= 15 is 0 Å². The van der Waals surface area contributed by atoms with Gasteiger partial charge in [0.1, 0.15) is 11.8 Å². The molecular formula is C10H7BrFNO2. The monoisotopic (exact) mass is 271 g/mol. The predicted octanol–water partition coefficient (Wildman–Crippen LogP) is 2.28. The zero-order chi connectivity index (χ0) is 11.4. The lowest BCUT2D eigenvalue weighted by Crippen LogP contribution is -2.07. The number of nitriles is 1. The fraction of sp³-hybridized carbons (Fsp3) is 0.200. The van der Waals surface area contributed by atoms with E-state index in [2.05, 4.69) is 15.9 Å². The van der Waals surface area contributed by atoms with Gasteiger partial charge in [0.2, 0.25) is 0 Å². The molecule has 0 amide bonds. The number of alkyl halides is 1. The van der Waals surface area contributed by atoms with Crippen molar-refractivity contribution in [1.82, 2.24) is 0 Å². The van der Waals surface area contributed by atoms with Crippen LogP contribution in [0.3, 0.4) is 0 Å². The summed E-state index contributed by atoms with van der Waals surface area (Å²) in [6, 6.07) is 4.35. The Morgan fingerprint density at radius 3 is 2.80 bits per heavy atom. The third-order valence-electron chi connectivity index (χ3n) is 1.84. The lowest BCUT2D eigenvalue weighted by Gasteiger charge is -2.07. The van der Waals surface area contributed by atoms with Gasteiger partial charge >= 0.3 is 0 Å². The molecule has 0 aliphatic rings. The summed E-state index contributed by atoms with van der Waals surface area (Å²) in [7, 11) is 1.34. The fourth-order valence-electron chi connectivity index (χ4n) is 1.14. The molecule has 3 nitrogen and oxygen atoms in total. The molecular weight excluding hydrogens is 265 g/mol. The van der Waals surface area contributed by atoms with Gasteiger partial charge in [-0.05, 0) is 12.1 Å². The Labute approximate surface area is 94.6 Å². The van der Waals surface area contributed by atoms with Crippen LogP contribution < -0.4 is 4.74 Å². The van der Waals surface area contributed by atoms with Crippen LogP contribution in [0.1, 0.15) is 15.9 Å². The summed E-state index contributed by atoms with van der Waals surface area (Å²) >= 11 is 2.94. The minimum Gasteiger partial charge on any atom is -0.496 e. The molecule has 0 N–H and O–H groups in total. The molecule has 0 fully saturated rings. The first-order chi connectivity index (χ1) is 7.15. The smallest absolute Gasteiger partial charge is 0.180 e. The maximum atomic E-state index is 13.6. The van der Waals surface area contributed by atoms with Crippen molar-refractivity contribution in [3.8, 4) is 11.8 Å². The van der Waals surface area contributed by atoms with Gasteiger partial charge in [0.25, 0.3) is 0 Å². The van der Waals surface area contributed by atoms with Crippen LogP contribution in [0.15, 0.2) is 12.1 Å². The second-order valence-corrected chi connectivity index (χ2v) is 3.23.